The SMILES string of the molecule is CNCC[C@]12CC(=O)CC[C@@]1(O)[C@H](C)Cc1ccc(C(=O)NCCc3ccc(-c4cnc(=O)[nH]c4)cc3)c(O)c12. The van der Waals surface area contributed by atoms with E-state index in [1.807, 2.05) is 44.3 Å². The maximum Gasteiger partial charge on any atom is 0.344 e. The highest BCUT2D eigenvalue weighted by Gasteiger charge is 2.61. The highest BCUT2D eigenvalue weighted by atomic mass is 16.3. The molecule has 3 aromatic rings. The first-order chi connectivity index (χ1) is 19.2. The van der Waals surface area contributed by atoms with E-state index in [0.29, 0.717) is 50.8 Å². The van der Waals surface area contributed by atoms with E-state index in [9.17, 15) is 24.6 Å². The van der Waals surface area contributed by atoms with Crippen LogP contribution in [0.2, 0.25) is 0 Å². The van der Waals surface area contributed by atoms with Crippen molar-refractivity contribution in [1.82, 2.24) is 20.6 Å². The summed E-state index contributed by atoms with van der Waals surface area (Å²) in [6.45, 7) is 2.93. The minimum absolute atomic E-state index is 0.0675. The lowest BCUT2D eigenvalue weighted by atomic mass is 9.49. The normalized spacial score (nSPS) is 23.8. The number of H-pyrrole nitrogens is 1. The van der Waals surface area contributed by atoms with E-state index in [-0.39, 0.29) is 29.4 Å². The molecule has 0 unspecified atom stereocenters. The molecule has 210 valence electrons. The number of aliphatic hydroxyl groups is 1. The molecular weight excluding hydrogens is 508 g/mol. The zero-order chi connectivity index (χ0) is 28.5. The topological polar surface area (TPSA) is 144 Å². The number of nitrogens with one attached hydrogen (secondary N) is 3. The third-order valence-electron chi connectivity index (χ3n) is 8.90. The van der Waals surface area contributed by atoms with Crippen molar-refractivity contribution in [1.29, 1.82) is 0 Å². The number of nitrogens with zero attached hydrogens (tertiary/aromatic N) is 1. The van der Waals surface area contributed by atoms with Crippen LogP contribution in [0.1, 0.15) is 59.7 Å². The van der Waals surface area contributed by atoms with Crippen molar-refractivity contribution in [2.24, 2.45) is 5.92 Å². The maximum absolute atomic E-state index is 13.2. The standard InChI is InChI=1S/C31H36N4O5/c1-19-15-22-7-8-25(27(37)26(22)30(12-14-32-2)16-24(36)9-11-31(19,30)40)28(38)33-13-10-20-3-5-21(6-4-20)23-17-34-29(39)35-18-23/h3-8,17-19,32,37,40H,9-16H2,1-2H3,(H,33,38)(H,34,35,39)/t19-,30-,31-/m1/s1. The smallest absolute Gasteiger partial charge is 0.344 e. The molecule has 9 heteroatoms. The van der Waals surface area contributed by atoms with E-state index < -0.39 is 22.6 Å². The fourth-order valence-electron chi connectivity index (χ4n) is 6.74. The molecule has 0 aliphatic heterocycles. The average Bonchev–Trinajstić information content (AvgIpc) is 2.94. The Bertz CT molecular complexity index is 1460. The largest absolute Gasteiger partial charge is 0.507 e. The predicted octanol–water partition coefficient (Wildman–Crippen LogP) is 2.64. The van der Waals surface area contributed by atoms with Crippen LogP contribution < -0.4 is 16.3 Å². The molecule has 2 aliphatic rings. The first-order valence-corrected chi connectivity index (χ1v) is 13.8. The average molecular weight is 545 g/mol. The number of amides is 1. The Kier molecular flexibility index (Phi) is 7.61. The molecule has 2 aliphatic carbocycles. The number of aromatic hydroxyl groups is 1. The van der Waals surface area contributed by atoms with Gasteiger partial charge >= 0.3 is 5.69 Å². The molecule has 0 bridgehead atoms. The van der Waals surface area contributed by atoms with Crippen LogP contribution in [-0.4, -0.2) is 57.6 Å². The lowest BCUT2D eigenvalue weighted by Gasteiger charge is -2.57. The van der Waals surface area contributed by atoms with Gasteiger partial charge in [0.05, 0.1) is 11.2 Å². The third-order valence-corrected chi connectivity index (χ3v) is 8.90. The van der Waals surface area contributed by atoms with E-state index in [4.69, 9.17) is 0 Å². The Labute approximate surface area is 233 Å². The number of ketones is 1. The second-order valence-electron chi connectivity index (χ2n) is 11.2. The van der Waals surface area contributed by atoms with Crippen molar-refractivity contribution in [2.75, 3.05) is 20.1 Å². The Balaban J connectivity index is 1.35. The van der Waals surface area contributed by atoms with Crippen molar-refractivity contribution < 1.29 is 19.8 Å². The summed E-state index contributed by atoms with van der Waals surface area (Å²) in [7, 11) is 1.83. The number of rotatable bonds is 8. The van der Waals surface area contributed by atoms with Crippen LogP contribution in [0.5, 0.6) is 5.75 Å². The van der Waals surface area contributed by atoms with Gasteiger partial charge in [0, 0.05) is 48.3 Å². The van der Waals surface area contributed by atoms with Gasteiger partial charge in [0.2, 0.25) is 0 Å². The molecule has 5 rings (SSSR count). The van der Waals surface area contributed by atoms with Gasteiger partial charge in [-0.05, 0) is 68.0 Å². The highest BCUT2D eigenvalue weighted by molar-refractivity contribution is 5.98. The molecule has 0 saturated heterocycles. The van der Waals surface area contributed by atoms with Gasteiger partial charge in [0.1, 0.15) is 11.5 Å². The number of aromatic nitrogens is 2. The summed E-state index contributed by atoms with van der Waals surface area (Å²) in [6.07, 6.45) is 5.58. The van der Waals surface area contributed by atoms with E-state index in [1.165, 1.54) is 6.20 Å². The Morgan fingerprint density at radius 1 is 1.12 bits per heavy atom. The van der Waals surface area contributed by atoms with Crippen molar-refractivity contribution in [3.63, 3.8) is 0 Å². The van der Waals surface area contributed by atoms with Gasteiger partial charge < -0.3 is 25.8 Å². The molecule has 9 nitrogen and oxygen atoms in total. The lowest BCUT2D eigenvalue weighted by molar-refractivity contribution is -0.147. The van der Waals surface area contributed by atoms with Crippen LogP contribution >= 0.6 is 0 Å². The van der Waals surface area contributed by atoms with E-state index in [2.05, 4.69) is 20.6 Å². The summed E-state index contributed by atoms with van der Waals surface area (Å²) in [5, 5.41) is 29.6. The van der Waals surface area contributed by atoms with Gasteiger partial charge in [0.25, 0.3) is 5.91 Å². The van der Waals surface area contributed by atoms with Crippen molar-refractivity contribution in [3.05, 3.63) is 81.5 Å². The van der Waals surface area contributed by atoms with Crippen LogP contribution in [-0.2, 0) is 23.1 Å². The van der Waals surface area contributed by atoms with Crippen LogP contribution in [0.15, 0.2) is 53.6 Å². The zero-order valence-electron chi connectivity index (χ0n) is 22.9. The minimum atomic E-state index is -1.14. The Morgan fingerprint density at radius 2 is 1.90 bits per heavy atom. The summed E-state index contributed by atoms with van der Waals surface area (Å²) in [5.41, 5.74) is 1.82. The Morgan fingerprint density at radius 3 is 2.60 bits per heavy atom. The summed E-state index contributed by atoms with van der Waals surface area (Å²) >= 11 is 0. The molecule has 1 fully saturated rings. The summed E-state index contributed by atoms with van der Waals surface area (Å²) < 4.78 is 0. The van der Waals surface area contributed by atoms with Crippen molar-refractivity contribution in [2.45, 2.75) is 56.5 Å². The molecule has 5 N–H and O–H groups in total. The number of aromatic amines is 1. The second kappa shape index (κ2) is 11.0. The molecule has 40 heavy (non-hydrogen) atoms. The monoisotopic (exact) mass is 544 g/mol. The van der Waals surface area contributed by atoms with Gasteiger partial charge in [-0.25, -0.2) is 9.78 Å². The molecule has 0 spiro atoms. The quantitative estimate of drug-likeness (QED) is 0.293. The number of hydrogen-bond acceptors (Lipinski definition) is 7. The number of phenols is 1. The number of carbonyl (C=O) groups is 2. The Hall–Kier alpha value is -3.82. The number of benzene rings is 2. The second-order valence-corrected chi connectivity index (χ2v) is 11.2. The summed E-state index contributed by atoms with van der Waals surface area (Å²) in [6, 6.07) is 11.3. The first-order valence-electron chi connectivity index (χ1n) is 13.8. The van der Waals surface area contributed by atoms with E-state index in [1.54, 1.807) is 12.3 Å². The summed E-state index contributed by atoms with van der Waals surface area (Å²) in [4.78, 5) is 43.5. The molecule has 2 aromatic carbocycles. The van der Waals surface area contributed by atoms with Crippen LogP contribution in [0.25, 0.3) is 11.1 Å². The molecule has 1 aromatic heterocycles. The number of fused-ring (bicyclic) bond motifs is 3. The number of phenolic OH excluding ortho intramolecular Hbond substituents is 1. The zero-order valence-corrected chi connectivity index (χ0v) is 22.9. The van der Waals surface area contributed by atoms with Gasteiger partial charge in [-0.1, -0.05) is 37.3 Å². The van der Waals surface area contributed by atoms with Gasteiger partial charge in [-0.15, -0.1) is 0 Å². The highest BCUT2D eigenvalue weighted by Crippen LogP contribution is 2.58. The third kappa shape index (κ3) is 4.84. The molecule has 3 atom stereocenters. The van der Waals surface area contributed by atoms with E-state index >= 15 is 0 Å². The van der Waals surface area contributed by atoms with Gasteiger partial charge in [-0.3, -0.25) is 9.59 Å². The minimum Gasteiger partial charge on any atom is -0.507 e. The van der Waals surface area contributed by atoms with Crippen LogP contribution in [0, 0.1) is 5.92 Å². The molecule has 1 heterocycles. The number of Topliss-reactive ketones (excluding diaryl/α,β-unsaturated/α-hetero) is 1. The van der Waals surface area contributed by atoms with Crippen LogP contribution in [0.4, 0.5) is 0 Å². The van der Waals surface area contributed by atoms with E-state index in [0.717, 1.165) is 22.3 Å². The van der Waals surface area contributed by atoms with Crippen molar-refractivity contribution in [3.8, 4) is 16.9 Å². The fraction of sp³-hybridized carbons (Fsp3) is 0.419. The maximum atomic E-state index is 13.2. The summed E-state index contributed by atoms with van der Waals surface area (Å²) in [5.74, 6) is -0.553. The fourth-order valence-corrected chi connectivity index (χ4v) is 6.74. The first kappa shape index (κ1) is 27.7. The van der Waals surface area contributed by atoms with Gasteiger partial charge in [-0.2, -0.15) is 0 Å². The van der Waals surface area contributed by atoms with Gasteiger partial charge in [0.15, 0.2) is 0 Å². The molecule has 0 radical (unpaired) electrons. The molecule has 1 saturated carbocycles. The lowest BCUT2D eigenvalue weighted by Crippen LogP contribution is -2.63. The molecular formula is C31H36N4O5. The molecule has 1 amide bonds. The number of carbonyl (C=O) groups excluding carboxylic acids is 2. The van der Waals surface area contributed by atoms with Crippen molar-refractivity contribution >= 4 is 11.7 Å². The number of hydrogen-bond donors (Lipinski definition) is 5. The predicted molar refractivity (Wildman–Crippen MR) is 151 cm³/mol. The van der Waals surface area contributed by atoms with Crippen LogP contribution in [0.3, 0.4) is 0 Å².